The monoisotopic (exact) mass is 415 g/mol. The first-order valence-corrected chi connectivity index (χ1v) is 9.52. The zero-order valence-corrected chi connectivity index (χ0v) is 16.1. The van der Waals surface area contributed by atoms with Gasteiger partial charge in [-0.15, -0.1) is 0 Å². The molecule has 1 fully saturated rings. The molecule has 4 rings (SSSR count). The lowest BCUT2D eigenvalue weighted by Gasteiger charge is -2.17. The zero-order chi connectivity index (χ0) is 21.1. The summed E-state index contributed by atoms with van der Waals surface area (Å²) in [4.78, 5) is 18.0. The number of aromatic nitrogens is 3. The molecule has 1 saturated heterocycles. The lowest BCUT2D eigenvalue weighted by atomic mass is 10.2. The first kappa shape index (κ1) is 19.9. The van der Waals surface area contributed by atoms with Crippen molar-refractivity contribution in [2.24, 2.45) is 0 Å². The van der Waals surface area contributed by atoms with Gasteiger partial charge in [-0.3, -0.25) is 9.48 Å². The third-order valence-electron chi connectivity index (χ3n) is 4.83. The zero-order valence-electron chi connectivity index (χ0n) is 16.1. The van der Waals surface area contributed by atoms with Crippen LogP contribution < -0.4 is 10.2 Å². The lowest BCUT2D eigenvalue weighted by Crippen LogP contribution is -2.25. The Morgan fingerprint density at radius 1 is 1.10 bits per heavy atom. The Morgan fingerprint density at radius 2 is 1.87 bits per heavy atom. The van der Waals surface area contributed by atoms with E-state index < -0.39 is 5.92 Å². The Balaban J connectivity index is 1.30. The largest absolute Gasteiger partial charge is 0.350 e. The summed E-state index contributed by atoms with van der Waals surface area (Å²) in [5, 5.41) is 7.01. The second-order valence-electron chi connectivity index (χ2n) is 7.30. The molecule has 9 heteroatoms. The van der Waals surface area contributed by atoms with Crippen molar-refractivity contribution in [2.75, 3.05) is 23.3 Å². The van der Waals surface area contributed by atoms with Crippen LogP contribution >= 0.6 is 0 Å². The number of nitrogens with one attached hydrogen (secondary N) is 1. The second kappa shape index (κ2) is 8.17. The molecule has 1 N–H and O–H groups in total. The van der Waals surface area contributed by atoms with Gasteiger partial charge in [-0.2, -0.15) is 5.10 Å². The van der Waals surface area contributed by atoms with Crippen molar-refractivity contribution >= 4 is 17.5 Å². The maximum absolute atomic E-state index is 13.3. The Kier molecular flexibility index (Phi) is 5.43. The molecule has 0 saturated carbocycles. The highest BCUT2D eigenvalue weighted by atomic mass is 19.3. The molecule has 1 amide bonds. The molecule has 6 nitrogen and oxygen atoms in total. The molecule has 3 heterocycles. The third kappa shape index (κ3) is 4.97. The Hall–Kier alpha value is -3.36. The van der Waals surface area contributed by atoms with Gasteiger partial charge in [0.25, 0.3) is 5.92 Å². The molecular formula is C21H20F3N5O. The molecule has 0 unspecified atom stereocenters. The molecule has 1 aliphatic heterocycles. The minimum atomic E-state index is -2.68. The van der Waals surface area contributed by atoms with Crippen LogP contribution in [0, 0.1) is 5.82 Å². The van der Waals surface area contributed by atoms with E-state index in [4.69, 9.17) is 0 Å². The summed E-state index contributed by atoms with van der Waals surface area (Å²) in [7, 11) is 0. The van der Waals surface area contributed by atoms with Gasteiger partial charge in [0.05, 0.1) is 19.5 Å². The van der Waals surface area contributed by atoms with Gasteiger partial charge >= 0.3 is 0 Å². The van der Waals surface area contributed by atoms with Crippen molar-refractivity contribution in [1.82, 2.24) is 14.8 Å². The minimum Gasteiger partial charge on any atom is -0.350 e. The SMILES string of the molecule is O=C(Cc1ccc(N2CCC(F)(F)C2)nc1)Nc1ccn(Cc2ccc(F)cc2)n1. The van der Waals surface area contributed by atoms with Crippen molar-refractivity contribution in [1.29, 1.82) is 0 Å². The van der Waals surface area contributed by atoms with Gasteiger partial charge < -0.3 is 10.2 Å². The number of hydrogen-bond acceptors (Lipinski definition) is 4. The van der Waals surface area contributed by atoms with E-state index in [9.17, 15) is 18.0 Å². The number of nitrogens with zero attached hydrogens (tertiary/aromatic N) is 4. The Labute approximate surface area is 171 Å². The fraction of sp³-hybridized carbons (Fsp3) is 0.286. The van der Waals surface area contributed by atoms with Crippen LogP contribution in [0.15, 0.2) is 54.9 Å². The second-order valence-corrected chi connectivity index (χ2v) is 7.30. The van der Waals surface area contributed by atoms with Crippen molar-refractivity contribution < 1.29 is 18.0 Å². The number of amides is 1. The number of carbonyl (C=O) groups is 1. The van der Waals surface area contributed by atoms with Crippen molar-refractivity contribution in [3.05, 3.63) is 71.8 Å². The van der Waals surface area contributed by atoms with Gasteiger partial charge in [0, 0.05) is 31.4 Å². The number of hydrogen-bond donors (Lipinski definition) is 1. The molecule has 2 aromatic heterocycles. The average Bonchev–Trinajstić information content (AvgIpc) is 3.30. The summed E-state index contributed by atoms with van der Waals surface area (Å²) in [5.74, 6) is -2.35. The predicted molar refractivity (Wildman–Crippen MR) is 106 cm³/mol. The average molecular weight is 415 g/mol. The summed E-state index contributed by atoms with van der Waals surface area (Å²) in [6, 6.07) is 11.2. The normalized spacial score (nSPS) is 15.4. The van der Waals surface area contributed by atoms with Gasteiger partial charge in [-0.1, -0.05) is 18.2 Å². The fourth-order valence-corrected chi connectivity index (χ4v) is 3.31. The van der Waals surface area contributed by atoms with Crippen molar-refractivity contribution in [3.63, 3.8) is 0 Å². The van der Waals surface area contributed by atoms with E-state index in [1.165, 1.54) is 23.2 Å². The summed E-state index contributed by atoms with van der Waals surface area (Å²) >= 11 is 0. The molecule has 1 aromatic carbocycles. The van der Waals surface area contributed by atoms with Crippen molar-refractivity contribution in [3.8, 4) is 0 Å². The maximum Gasteiger partial charge on any atom is 0.266 e. The molecule has 30 heavy (non-hydrogen) atoms. The first-order valence-electron chi connectivity index (χ1n) is 9.52. The van der Waals surface area contributed by atoms with Crippen LogP contribution in [0.25, 0.3) is 0 Å². The number of halogens is 3. The highest BCUT2D eigenvalue weighted by Crippen LogP contribution is 2.29. The lowest BCUT2D eigenvalue weighted by molar-refractivity contribution is -0.115. The quantitative estimate of drug-likeness (QED) is 0.670. The number of anilines is 2. The van der Waals surface area contributed by atoms with Crippen LogP contribution in [0.4, 0.5) is 24.8 Å². The fourth-order valence-electron chi connectivity index (χ4n) is 3.31. The van der Waals surface area contributed by atoms with E-state index in [-0.39, 0.29) is 37.7 Å². The summed E-state index contributed by atoms with van der Waals surface area (Å²) in [5.41, 5.74) is 1.56. The molecule has 0 bridgehead atoms. The van der Waals surface area contributed by atoms with Crippen molar-refractivity contribution in [2.45, 2.75) is 25.3 Å². The van der Waals surface area contributed by atoms with E-state index >= 15 is 0 Å². The molecule has 0 radical (unpaired) electrons. The summed E-state index contributed by atoms with van der Waals surface area (Å²) in [6.45, 7) is 0.387. The maximum atomic E-state index is 13.3. The number of rotatable bonds is 6. The van der Waals surface area contributed by atoms with Gasteiger partial charge in [-0.05, 0) is 29.3 Å². The molecule has 0 atom stereocenters. The predicted octanol–water partition coefficient (Wildman–Crippen LogP) is 3.49. The first-order chi connectivity index (χ1) is 14.4. The van der Waals surface area contributed by atoms with E-state index in [0.29, 0.717) is 23.7 Å². The number of alkyl halides is 2. The molecule has 3 aromatic rings. The molecule has 0 spiro atoms. The van der Waals surface area contributed by atoms with Crippen LogP contribution in [-0.2, 0) is 17.8 Å². The highest BCUT2D eigenvalue weighted by Gasteiger charge is 2.38. The molecule has 156 valence electrons. The minimum absolute atomic E-state index is 0.0915. The van der Waals surface area contributed by atoms with Crippen LogP contribution in [0.1, 0.15) is 17.5 Å². The van der Waals surface area contributed by atoms with E-state index in [1.54, 1.807) is 41.2 Å². The van der Waals surface area contributed by atoms with Crippen LogP contribution in [0.5, 0.6) is 0 Å². The number of pyridine rings is 1. The van der Waals surface area contributed by atoms with Gasteiger partial charge in [0.15, 0.2) is 5.82 Å². The van der Waals surface area contributed by atoms with Gasteiger partial charge in [-0.25, -0.2) is 18.2 Å². The topological polar surface area (TPSA) is 63.1 Å². The Morgan fingerprint density at radius 3 is 2.53 bits per heavy atom. The van der Waals surface area contributed by atoms with E-state index in [2.05, 4.69) is 15.4 Å². The van der Waals surface area contributed by atoms with E-state index in [1.807, 2.05) is 0 Å². The van der Waals surface area contributed by atoms with Gasteiger partial charge in [0.2, 0.25) is 5.91 Å². The summed E-state index contributed by atoms with van der Waals surface area (Å²) < 4.78 is 41.3. The number of carbonyl (C=O) groups excluding carboxylic acids is 1. The van der Waals surface area contributed by atoms with Crippen LogP contribution in [-0.4, -0.2) is 39.7 Å². The Bertz CT molecular complexity index is 1020. The standard InChI is InChI=1S/C21H20F3N5O/c22-17-4-1-15(2-5-17)13-29-9-7-18(27-29)26-20(30)11-16-3-6-19(25-12-16)28-10-8-21(23,24)14-28/h1-7,9,12H,8,10-11,13-14H2,(H,26,27,30). The third-order valence-corrected chi connectivity index (χ3v) is 4.83. The van der Waals surface area contributed by atoms with E-state index in [0.717, 1.165) is 5.56 Å². The molecule has 0 aliphatic carbocycles. The smallest absolute Gasteiger partial charge is 0.266 e. The molecular weight excluding hydrogens is 395 g/mol. The molecule has 1 aliphatic rings. The number of benzene rings is 1. The van der Waals surface area contributed by atoms with Gasteiger partial charge in [0.1, 0.15) is 11.6 Å². The highest BCUT2D eigenvalue weighted by molar-refractivity contribution is 5.91. The van der Waals surface area contributed by atoms with Crippen LogP contribution in [0.2, 0.25) is 0 Å². The summed E-state index contributed by atoms with van der Waals surface area (Å²) in [6.07, 6.45) is 3.17. The van der Waals surface area contributed by atoms with Crippen LogP contribution in [0.3, 0.4) is 0 Å².